The zero-order chi connectivity index (χ0) is 13.8. The van der Waals surface area contributed by atoms with Crippen LogP contribution in [0, 0.1) is 11.8 Å². The lowest BCUT2D eigenvalue weighted by atomic mass is 10.1. The largest absolute Gasteiger partial charge is 0.496 e. The fraction of sp³-hybridized carbons (Fsp3) is 0.357. The summed E-state index contributed by atoms with van der Waals surface area (Å²) in [4.78, 5) is 11.5. The zero-order valence-corrected chi connectivity index (χ0v) is 10.9. The van der Waals surface area contributed by atoms with Crippen LogP contribution in [0.4, 0.5) is 0 Å². The molecule has 0 unspecified atom stereocenters. The van der Waals surface area contributed by atoms with E-state index in [9.17, 15) is 9.90 Å². The van der Waals surface area contributed by atoms with Crippen molar-refractivity contribution in [3.05, 3.63) is 29.3 Å². The van der Waals surface area contributed by atoms with Gasteiger partial charge in [-0.1, -0.05) is 11.8 Å². The summed E-state index contributed by atoms with van der Waals surface area (Å²) in [6.07, 6.45) is 0. The van der Waals surface area contributed by atoms with Crippen molar-refractivity contribution in [2.24, 2.45) is 0 Å². The molecule has 1 aromatic carbocycles. The van der Waals surface area contributed by atoms with E-state index >= 15 is 0 Å². The van der Waals surface area contributed by atoms with Crippen LogP contribution in [0.15, 0.2) is 18.2 Å². The van der Waals surface area contributed by atoms with Crippen LogP contribution in [-0.4, -0.2) is 30.9 Å². The molecule has 0 aliphatic carbocycles. The molecule has 0 aliphatic heterocycles. The van der Waals surface area contributed by atoms with Crippen LogP contribution in [0.2, 0.25) is 0 Å². The van der Waals surface area contributed by atoms with Gasteiger partial charge in [-0.25, -0.2) is 4.79 Å². The van der Waals surface area contributed by atoms with Crippen LogP contribution in [0.25, 0.3) is 0 Å². The molecule has 4 nitrogen and oxygen atoms in total. The van der Waals surface area contributed by atoms with Gasteiger partial charge in [0.05, 0.1) is 14.2 Å². The van der Waals surface area contributed by atoms with Crippen LogP contribution in [-0.2, 0) is 4.74 Å². The van der Waals surface area contributed by atoms with Gasteiger partial charge in [0.1, 0.15) is 16.9 Å². The third-order valence-electron chi connectivity index (χ3n) is 2.12. The predicted molar refractivity (Wildman–Crippen MR) is 67.5 cm³/mol. The summed E-state index contributed by atoms with van der Waals surface area (Å²) in [5.41, 5.74) is -0.161. The minimum atomic E-state index is -1.08. The van der Waals surface area contributed by atoms with E-state index in [4.69, 9.17) is 4.74 Å². The van der Waals surface area contributed by atoms with Crippen molar-refractivity contribution in [2.75, 3.05) is 14.2 Å². The lowest BCUT2D eigenvalue weighted by Gasteiger charge is -2.08. The van der Waals surface area contributed by atoms with Crippen LogP contribution in [0.5, 0.6) is 5.75 Å². The number of ether oxygens (including phenoxy) is 2. The average Bonchev–Trinajstić information content (AvgIpc) is 2.34. The molecule has 0 fully saturated rings. The number of carbonyl (C=O) groups excluding carboxylic acids is 1. The van der Waals surface area contributed by atoms with Gasteiger partial charge in [-0.2, -0.15) is 0 Å². The Kier molecular flexibility index (Phi) is 4.35. The molecule has 1 rings (SSSR count). The number of hydrogen-bond donors (Lipinski definition) is 1. The van der Waals surface area contributed by atoms with Gasteiger partial charge >= 0.3 is 5.97 Å². The summed E-state index contributed by atoms with van der Waals surface area (Å²) in [5.74, 6) is 5.40. The third-order valence-corrected chi connectivity index (χ3v) is 2.12. The van der Waals surface area contributed by atoms with E-state index in [2.05, 4.69) is 16.6 Å². The van der Waals surface area contributed by atoms with Gasteiger partial charge in [0.25, 0.3) is 0 Å². The SMILES string of the molecule is COC(=O)c1cc(C#CC(C)(C)O)ccc1OC. The standard InChI is InChI=1S/C14H16O4/c1-14(2,16)8-7-10-5-6-12(17-3)11(9-10)13(15)18-4/h5-6,9,16H,1-4H3. The molecular formula is C14H16O4. The highest BCUT2D eigenvalue weighted by atomic mass is 16.5. The molecule has 0 heterocycles. The van der Waals surface area contributed by atoms with E-state index in [0.29, 0.717) is 16.9 Å². The first-order valence-corrected chi connectivity index (χ1v) is 5.39. The number of esters is 1. The first-order valence-electron chi connectivity index (χ1n) is 5.39. The lowest BCUT2D eigenvalue weighted by Crippen LogP contribution is -2.14. The molecule has 0 saturated heterocycles. The van der Waals surface area contributed by atoms with Crippen LogP contribution in [0.1, 0.15) is 29.8 Å². The molecule has 4 heteroatoms. The number of aliphatic hydroxyl groups is 1. The third kappa shape index (κ3) is 3.79. The Morgan fingerprint density at radius 2 is 2.00 bits per heavy atom. The number of hydrogen-bond acceptors (Lipinski definition) is 4. The van der Waals surface area contributed by atoms with Gasteiger partial charge < -0.3 is 14.6 Å². The summed E-state index contributed by atoms with van der Waals surface area (Å²) >= 11 is 0. The van der Waals surface area contributed by atoms with Crippen molar-refractivity contribution in [1.29, 1.82) is 0 Å². The smallest absolute Gasteiger partial charge is 0.341 e. The Labute approximate surface area is 107 Å². The molecule has 0 saturated carbocycles. The van der Waals surface area contributed by atoms with Crippen molar-refractivity contribution in [2.45, 2.75) is 19.4 Å². The maximum atomic E-state index is 11.5. The molecule has 0 radical (unpaired) electrons. The topological polar surface area (TPSA) is 55.8 Å². The van der Waals surface area contributed by atoms with E-state index in [0.717, 1.165) is 0 Å². The van der Waals surface area contributed by atoms with Crippen LogP contribution >= 0.6 is 0 Å². The maximum absolute atomic E-state index is 11.5. The quantitative estimate of drug-likeness (QED) is 0.638. The summed E-state index contributed by atoms with van der Waals surface area (Å²) in [7, 11) is 2.78. The van der Waals surface area contributed by atoms with Gasteiger partial charge in [-0.15, -0.1) is 0 Å². The lowest BCUT2D eigenvalue weighted by molar-refractivity contribution is 0.0597. The van der Waals surface area contributed by atoms with E-state index in [1.165, 1.54) is 14.2 Å². The van der Waals surface area contributed by atoms with Crippen LogP contribution in [0.3, 0.4) is 0 Å². The number of carbonyl (C=O) groups is 1. The Bertz CT molecular complexity index is 501. The van der Waals surface area contributed by atoms with Crippen molar-refractivity contribution in [3.8, 4) is 17.6 Å². The first-order chi connectivity index (χ1) is 8.37. The Balaban J connectivity index is 3.17. The molecule has 0 amide bonds. The highest BCUT2D eigenvalue weighted by Gasteiger charge is 2.13. The minimum absolute atomic E-state index is 0.308. The second-order valence-electron chi connectivity index (χ2n) is 4.22. The van der Waals surface area contributed by atoms with Gasteiger partial charge in [-0.3, -0.25) is 0 Å². The molecular weight excluding hydrogens is 232 g/mol. The summed E-state index contributed by atoms with van der Waals surface area (Å²) in [5, 5.41) is 9.51. The van der Waals surface area contributed by atoms with E-state index in [-0.39, 0.29) is 0 Å². The summed E-state index contributed by atoms with van der Waals surface area (Å²) in [6, 6.07) is 4.92. The Morgan fingerprint density at radius 3 is 2.50 bits per heavy atom. The van der Waals surface area contributed by atoms with E-state index in [1.807, 2.05) is 0 Å². The van der Waals surface area contributed by atoms with Gasteiger partial charge in [-0.05, 0) is 32.0 Å². The maximum Gasteiger partial charge on any atom is 0.341 e. The molecule has 96 valence electrons. The average molecular weight is 248 g/mol. The van der Waals surface area contributed by atoms with Crippen molar-refractivity contribution in [1.82, 2.24) is 0 Å². The number of methoxy groups -OCH3 is 2. The number of benzene rings is 1. The summed E-state index contributed by atoms with van der Waals surface area (Å²) in [6.45, 7) is 3.18. The van der Waals surface area contributed by atoms with Crippen molar-refractivity contribution >= 4 is 5.97 Å². The molecule has 0 atom stereocenters. The summed E-state index contributed by atoms with van der Waals surface area (Å²) < 4.78 is 9.73. The highest BCUT2D eigenvalue weighted by molar-refractivity contribution is 5.92. The molecule has 0 spiro atoms. The normalized spacial score (nSPS) is 10.3. The fourth-order valence-corrected chi connectivity index (χ4v) is 1.28. The Morgan fingerprint density at radius 1 is 1.33 bits per heavy atom. The molecule has 0 bridgehead atoms. The second-order valence-corrected chi connectivity index (χ2v) is 4.22. The van der Waals surface area contributed by atoms with Gasteiger partial charge in [0.2, 0.25) is 0 Å². The van der Waals surface area contributed by atoms with Crippen molar-refractivity contribution < 1.29 is 19.4 Å². The minimum Gasteiger partial charge on any atom is -0.496 e. The van der Waals surface area contributed by atoms with Crippen molar-refractivity contribution in [3.63, 3.8) is 0 Å². The van der Waals surface area contributed by atoms with Gasteiger partial charge in [0.15, 0.2) is 0 Å². The zero-order valence-electron chi connectivity index (χ0n) is 10.9. The number of rotatable bonds is 2. The molecule has 18 heavy (non-hydrogen) atoms. The molecule has 1 N–H and O–H groups in total. The molecule has 0 aliphatic rings. The predicted octanol–water partition coefficient (Wildman–Crippen LogP) is 1.60. The monoisotopic (exact) mass is 248 g/mol. The fourth-order valence-electron chi connectivity index (χ4n) is 1.28. The van der Waals surface area contributed by atoms with E-state index < -0.39 is 11.6 Å². The van der Waals surface area contributed by atoms with E-state index in [1.54, 1.807) is 32.0 Å². The Hall–Kier alpha value is -1.99. The highest BCUT2D eigenvalue weighted by Crippen LogP contribution is 2.20. The second kappa shape index (κ2) is 5.56. The molecule has 1 aromatic rings. The first kappa shape index (κ1) is 14.1. The van der Waals surface area contributed by atoms with Gasteiger partial charge in [0, 0.05) is 5.56 Å². The van der Waals surface area contributed by atoms with Crippen LogP contribution < -0.4 is 4.74 Å². The molecule has 0 aromatic heterocycles.